The Morgan fingerprint density at radius 2 is 1.92 bits per heavy atom. The van der Waals surface area contributed by atoms with Crippen LogP contribution in [-0.2, 0) is 4.79 Å². The SMILES string of the molecule is O=C(Nc1ccc(F)cc1)[C@@H](c1ccccc1)N1CCC[C@@H](CO)C1. The Morgan fingerprint density at radius 1 is 1.20 bits per heavy atom. The van der Waals surface area contributed by atoms with Gasteiger partial charge in [0.05, 0.1) is 0 Å². The van der Waals surface area contributed by atoms with Crippen molar-refractivity contribution in [2.45, 2.75) is 18.9 Å². The smallest absolute Gasteiger partial charge is 0.246 e. The number of carbonyl (C=O) groups excluding carboxylic acids is 1. The lowest BCUT2D eigenvalue weighted by Gasteiger charge is -2.37. The van der Waals surface area contributed by atoms with Crippen molar-refractivity contribution in [1.29, 1.82) is 0 Å². The summed E-state index contributed by atoms with van der Waals surface area (Å²) in [5, 5.41) is 12.4. The minimum absolute atomic E-state index is 0.136. The van der Waals surface area contributed by atoms with Crippen molar-refractivity contribution < 1.29 is 14.3 Å². The van der Waals surface area contributed by atoms with Crippen molar-refractivity contribution in [3.05, 3.63) is 66.0 Å². The number of hydrogen-bond donors (Lipinski definition) is 2. The molecule has 0 bridgehead atoms. The van der Waals surface area contributed by atoms with Crippen molar-refractivity contribution in [1.82, 2.24) is 4.90 Å². The lowest BCUT2D eigenvalue weighted by Crippen LogP contribution is -2.44. The van der Waals surface area contributed by atoms with Gasteiger partial charge in [-0.25, -0.2) is 4.39 Å². The summed E-state index contributed by atoms with van der Waals surface area (Å²) < 4.78 is 13.1. The molecule has 1 aliphatic rings. The number of hydrogen-bond acceptors (Lipinski definition) is 3. The van der Waals surface area contributed by atoms with Crippen LogP contribution in [0.15, 0.2) is 54.6 Å². The van der Waals surface area contributed by atoms with E-state index in [0.717, 1.165) is 24.9 Å². The fourth-order valence-corrected chi connectivity index (χ4v) is 3.39. The van der Waals surface area contributed by atoms with E-state index in [0.29, 0.717) is 12.2 Å². The highest BCUT2D eigenvalue weighted by Gasteiger charge is 2.31. The maximum Gasteiger partial charge on any atom is 0.246 e. The maximum absolute atomic E-state index is 13.1. The number of nitrogens with zero attached hydrogens (tertiary/aromatic N) is 1. The van der Waals surface area contributed by atoms with E-state index < -0.39 is 6.04 Å². The molecular weight excluding hydrogens is 319 g/mol. The van der Waals surface area contributed by atoms with Crippen LogP contribution in [0.25, 0.3) is 0 Å². The molecule has 5 heteroatoms. The summed E-state index contributed by atoms with van der Waals surface area (Å²) in [4.78, 5) is 15.1. The van der Waals surface area contributed by atoms with Crippen LogP contribution in [0.2, 0.25) is 0 Å². The van der Waals surface area contributed by atoms with E-state index in [4.69, 9.17) is 0 Å². The number of halogens is 1. The van der Waals surface area contributed by atoms with E-state index >= 15 is 0 Å². The summed E-state index contributed by atoms with van der Waals surface area (Å²) in [6, 6.07) is 15.0. The van der Waals surface area contributed by atoms with Crippen molar-refractivity contribution in [3.8, 4) is 0 Å². The quantitative estimate of drug-likeness (QED) is 0.877. The second kappa shape index (κ2) is 8.23. The predicted molar refractivity (Wildman–Crippen MR) is 95.6 cm³/mol. The average molecular weight is 342 g/mol. The Bertz CT molecular complexity index is 691. The van der Waals surface area contributed by atoms with Gasteiger partial charge < -0.3 is 10.4 Å². The summed E-state index contributed by atoms with van der Waals surface area (Å²) in [6.45, 7) is 1.64. The molecule has 2 atom stereocenters. The Kier molecular flexibility index (Phi) is 5.79. The minimum atomic E-state index is -0.430. The van der Waals surface area contributed by atoms with Crippen molar-refractivity contribution in [3.63, 3.8) is 0 Å². The summed E-state index contributed by atoms with van der Waals surface area (Å²) in [6.07, 6.45) is 1.94. The first-order chi connectivity index (χ1) is 12.2. The zero-order valence-corrected chi connectivity index (χ0v) is 14.1. The van der Waals surface area contributed by atoms with E-state index in [9.17, 15) is 14.3 Å². The van der Waals surface area contributed by atoms with Gasteiger partial charge >= 0.3 is 0 Å². The molecule has 0 saturated carbocycles. The third-order valence-electron chi connectivity index (χ3n) is 4.65. The molecule has 1 saturated heterocycles. The lowest BCUT2D eigenvalue weighted by molar-refractivity contribution is -0.122. The molecule has 4 nitrogen and oxygen atoms in total. The second-order valence-corrected chi connectivity index (χ2v) is 6.50. The molecule has 0 aliphatic carbocycles. The zero-order valence-electron chi connectivity index (χ0n) is 14.1. The number of amides is 1. The Hall–Kier alpha value is -2.24. The molecule has 1 aliphatic heterocycles. The molecule has 1 amide bonds. The number of rotatable bonds is 5. The molecule has 1 heterocycles. The zero-order chi connectivity index (χ0) is 17.6. The fraction of sp³-hybridized carbons (Fsp3) is 0.350. The molecule has 0 radical (unpaired) electrons. The normalized spacial score (nSPS) is 19.4. The van der Waals surface area contributed by atoms with Gasteiger partial charge in [0.25, 0.3) is 0 Å². The van der Waals surface area contributed by atoms with Crippen LogP contribution >= 0.6 is 0 Å². The Morgan fingerprint density at radius 3 is 2.60 bits per heavy atom. The van der Waals surface area contributed by atoms with E-state index in [2.05, 4.69) is 10.2 Å². The number of nitrogens with one attached hydrogen (secondary N) is 1. The van der Waals surface area contributed by atoms with Gasteiger partial charge in [0.2, 0.25) is 5.91 Å². The van der Waals surface area contributed by atoms with Gasteiger partial charge in [0.15, 0.2) is 0 Å². The molecule has 25 heavy (non-hydrogen) atoms. The van der Waals surface area contributed by atoms with Crippen LogP contribution < -0.4 is 5.32 Å². The number of benzene rings is 2. The molecule has 2 N–H and O–H groups in total. The number of carbonyl (C=O) groups is 1. The monoisotopic (exact) mass is 342 g/mol. The predicted octanol–water partition coefficient (Wildman–Crippen LogP) is 3.21. The largest absolute Gasteiger partial charge is 0.396 e. The van der Waals surface area contributed by atoms with Crippen LogP contribution in [0.3, 0.4) is 0 Å². The average Bonchev–Trinajstić information content (AvgIpc) is 2.65. The van der Waals surface area contributed by atoms with E-state index in [1.807, 2.05) is 30.3 Å². The first-order valence-corrected chi connectivity index (χ1v) is 8.63. The standard InChI is InChI=1S/C20H23FN2O2/c21-17-8-10-18(11-9-17)22-20(25)19(16-6-2-1-3-7-16)23-12-4-5-15(13-23)14-24/h1-3,6-11,15,19,24H,4-5,12-14H2,(H,22,25)/t15-,19-/m1/s1. The van der Waals surface area contributed by atoms with E-state index in [-0.39, 0.29) is 24.2 Å². The first kappa shape index (κ1) is 17.6. The molecule has 0 unspecified atom stereocenters. The van der Waals surface area contributed by atoms with Crippen LogP contribution in [0, 0.1) is 11.7 Å². The van der Waals surface area contributed by atoms with E-state index in [1.165, 1.54) is 12.1 Å². The summed E-state index contributed by atoms with van der Waals surface area (Å²) in [5.74, 6) is -0.283. The third kappa shape index (κ3) is 4.44. The van der Waals surface area contributed by atoms with Gasteiger partial charge in [-0.3, -0.25) is 9.69 Å². The molecule has 3 rings (SSSR count). The lowest BCUT2D eigenvalue weighted by atomic mass is 9.95. The summed E-state index contributed by atoms with van der Waals surface area (Å²) >= 11 is 0. The molecule has 0 aromatic heterocycles. The van der Waals surface area contributed by atoms with Crippen LogP contribution in [0.1, 0.15) is 24.4 Å². The Labute approximate surface area is 147 Å². The highest BCUT2D eigenvalue weighted by molar-refractivity contribution is 5.95. The van der Waals surface area contributed by atoms with Gasteiger partial charge in [-0.1, -0.05) is 30.3 Å². The highest BCUT2D eigenvalue weighted by atomic mass is 19.1. The summed E-state index contributed by atoms with van der Waals surface area (Å²) in [5.41, 5.74) is 1.49. The van der Waals surface area contributed by atoms with Crippen LogP contribution in [0.4, 0.5) is 10.1 Å². The molecule has 2 aromatic carbocycles. The van der Waals surface area contributed by atoms with Gasteiger partial charge in [-0.05, 0) is 55.1 Å². The number of anilines is 1. The number of aliphatic hydroxyl groups excluding tert-OH is 1. The van der Waals surface area contributed by atoms with Gasteiger partial charge in [-0.15, -0.1) is 0 Å². The van der Waals surface area contributed by atoms with E-state index in [1.54, 1.807) is 12.1 Å². The third-order valence-corrected chi connectivity index (χ3v) is 4.65. The highest BCUT2D eigenvalue weighted by Crippen LogP contribution is 2.28. The fourth-order valence-electron chi connectivity index (χ4n) is 3.39. The molecule has 0 spiro atoms. The first-order valence-electron chi connectivity index (χ1n) is 8.63. The van der Waals surface area contributed by atoms with Crippen LogP contribution in [0.5, 0.6) is 0 Å². The number of likely N-dealkylation sites (tertiary alicyclic amines) is 1. The maximum atomic E-state index is 13.1. The van der Waals surface area contributed by atoms with Crippen molar-refractivity contribution in [2.75, 3.05) is 25.0 Å². The number of piperidine rings is 1. The van der Waals surface area contributed by atoms with Crippen molar-refractivity contribution >= 4 is 11.6 Å². The van der Waals surface area contributed by atoms with Gasteiger partial charge in [0, 0.05) is 18.8 Å². The molecule has 1 fully saturated rings. The molecular formula is C20H23FN2O2. The van der Waals surface area contributed by atoms with Gasteiger partial charge in [-0.2, -0.15) is 0 Å². The van der Waals surface area contributed by atoms with Gasteiger partial charge in [0.1, 0.15) is 11.9 Å². The second-order valence-electron chi connectivity index (χ2n) is 6.50. The van der Waals surface area contributed by atoms with Crippen LogP contribution in [-0.4, -0.2) is 35.6 Å². The number of aliphatic hydroxyl groups is 1. The molecule has 2 aromatic rings. The topological polar surface area (TPSA) is 52.6 Å². The molecule has 132 valence electrons. The summed E-state index contributed by atoms with van der Waals surface area (Å²) in [7, 11) is 0. The minimum Gasteiger partial charge on any atom is -0.396 e. The van der Waals surface area contributed by atoms with Crippen molar-refractivity contribution in [2.24, 2.45) is 5.92 Å². The Balaban J connectivity index is 1.83.